The van der Waals surface area contributed by atoms with Gasteiger partial charge in [0.15, 0.2) is 10.9 Å². The number of nitrogens with one attached hydrogen (secondary N) is 2. The van der Waals surface area contributed by atoms with Crippen LogP contribution in [0, 0.1) is 5.92 Å². The van der Waals surface area contributed by atoms with Gasteiger partial charge in [0.2, 0.25) is 0 Å². The second kappa shape index (κ2) is 9.74. The van der Waals surface area contributed by atoms with Gasteiger partial charge in [-0.1, -0.05) is 0 Å². The zero-order valence-corrected chi connectivity index (χ0v) is 19.4. The Balaban J connectivity index is 1.76. The van der Waals surface area contributed by atoms with Gasteiger partial charge in [-0.3, -0.25) is 15.0 Å². The van der Waals surface area contributed by atoms with Crippen LogP contribution < -0.4 is 10.6 Å². The Morgan fingerprint density at radius 2 is 1.80 bits per heavy atom. The zero-order valence-electron chi connectivity index (χ0n) is 18.5. The van der Waals surface area contributed by atoms with E-state index in [1.54, 1.807) is 20.8 Å². The second-order valence-electron chi connectivity index (χ2n) is 9.30. The van der Waals surface area contributed by atoms with Crippen LogP contribution in [0.15, 0.2) is 5.38 Å². The van der Waals surface area contributed by atoms with Gasteiger partial charge in [0.05, 0.1) is 12.2 Å². The van der Waals surface area contributed by atoms with E-state index in [9.17, 15) is 14.4 Å². The van der Waals surface area contributed by atoms with E-state index >= 15 is 0 Å². The molecule has 168 valence electrons. The van der Waals surface area contributed by atoms with Gasteiger partial charge < -0.3 is 14.8 Å². The van der Waals surface area contributed by atoms with E-state index in [-0.39, 0.29) is 11.7 Å². The van der Waals surface area contributed by atoms with Crippen molar-refractivity contribution in [2.75, 3.05) is 31.5 Å². The molecule has 2 N–H and O–H groups in total. The molecule has 1 aromatic rings. The Labute approximate surface area is 181 Å². The molecule has 0 spiro atoms. The standard InChI is InChI=1S/C20H32N4O5S/c1-19(2,3)28-17(26)21-7-8-24-10-13(15(25)11-24)9-14-12-30-16(22-14)23-18(27)29-20(4,5)6/h12-13H,7-11H2,1-6H3,(H,21,26)(H,22,23,27). The van der Waals surface area contributed by atoms with Crippen molar-refractivity contribution >= 4 is 34.4 Å². The van der Waals surface area contributed by atoms with Crippen molar-refractivity contribution in [1.82, 2.24) is 15.2 Å². The maximum absolute atomic E-state index is 12.3. The highest BCUT2D eigenvalue weighted by atomic mass is 32.1. The first-order valence-electron chi connectivity index (χ1n) is 9.97. The zero-order chi connectivity index (χ0) is 22.5. The number of likely N-dealkylation sites (tertiary alicyclic amines) is 1. The van der Waals surface area contributed by atoms with Crippen molar-refractivity contribution in [1.29, 1.82) is 0 Å². The predicted molar refractivity (Wildman–Crippen MR) is 115 cm³/mol. The molecular weight excluding hydrogens is 408 g/mol. The number of aromatic nitrogens is 1. The highest BCUT2D eigenvalue weighted by Gasteiger charge is 2.31. The lowest BCUT2D eigenvalue weighted by atomic mass is 10.0. The van der Waals surface area contributed by atoms with Crippen molar-refractivity contribution in [3.8, 4) is 0 Å². The average Bonchev–Trinajstić information content (AvgIpc) is 3.11. The number of carbonyl (C=O) groups is 3. The molecule has 0 aromatic carbocycles. The fraction of sp³-hybridized carbons (Fsp3) is 0.700. The van der Waals surface area contributed by atoms with E-state index in [4.69, 9.17) is 9.47 Å². The van der Waals surface area contributed by atoms with E-state index in [0.29, 0.717) is 37.7 Å². The maximum atomic E-state index is 12.3. The Morgan fingerprint density at radius 1 is 1.17 bits per heavy atom. The van der Waals surface area contributed by atoms with Crippen LogP contribution in [0.4, 0.5) is 14.7 Å². The third kappa shape index (κ3) is 8.66. The van der Waals surface area contributed by atoms with Crippen molar-refractivity contribution in [3.63, 3.8) is 0 Å². The molecule has 0 saturated carbocycles. The van der Waals surface area contributed by atoms with Gasteiger partial charge >= 0.3 is 12.2 Å². The number of alkyl carbamates (subject to hydrolysis) is 1. The molecule has 1 aliphatic heterocycles. The molecule has 2 amide bonds. The van der Waals surface area contributed by atoms with E-state index in [0.717, 1.165) is 5.69 Å². The van der Waals surface area contributed by atoms with Crippen LogP contribution in [0.5, 0.6) is 0 Å². The highest BCUT2D eigenvalue weighted by Crippen LogP contribution is 2.22. The SMILES string of the molecule is CC(C)(C)OC(=O)NCCN1CC(=O)C(Cc2csc(NC(=O)OC(C)(C)C)n2)C1. The number of thiazole rings is 1. The fourth-order valence-electron chi connectivity index (χ4n) is 2.91. The molecule has 9 nitrogen and oxygen atoms in total. The van der Waals surface area contributed by atoms with Crippen molar-refractivity contribution in [2.45, 2.75) is 59.2 Å². The van der Waals surface area contributed by atoms with Crippen LogP contribution in [-0.4, -0.2) is 65.2 Å². The van der Waals surface area contributed by atoms with Gasteiger partial charge in [0.25, 0.3) is 0 Å². The molecule has 1 saturated heterocycles. The van der Waals surface area contributed by atoms with Crippen LogP contribution in [0.25, 0.3) is 0 Å². The quantitative estimate of drug-likeness (QED) is 0.699. The summed E-state index contributed by atoms with van der Waals surface area (Å²) in [5.74, 6) is 0.00456. The summed E-state index contributed by atoms with van der Waals surface area (Å²) >= 11 is 1.30. The molecule has 0 radical (unpaired) electrons. The monoisotopic (exact) mass is 440 g/mol. The minimum atomic E-state index is -0.581. The van der Waals surface area contributed by atoms with E-state index in [1.165, 1.54) is 11.3 Å². The smallest absolute Gasteiger partial charge is 0.413 e. The third-order valence-electron chi connectivity index (χ3n) is 4.02. The van der Waals surface area contributed by atoms with Gasteiger partial charge in [0.1, 0.15) is 11.2 Å². The molecule has 1 aromatic heterocycles. The number of ketones is 1. The van der Waals surface area contributed by atoms with Crippen LogP contribution in [0.1, 0.15) is 47.2 Å². The van der Waals surface area contributed by atoms with E-state index < -0.39 is 23.4 Å². The molecule has 10 heteroatoms. The Bertz CT molecular complexity index is 766. The normalized spacial score (nSPS) is 17.7. The van der Waals surface area contributed by atoms with Crippen molar-refractivity contribution in [3.05, 3.63) is 11.1 Å². The molecule has 0 aliphatic carbocycles. The number of anilines is 1. The number of rotatable bonds is 6. The van der Waals surface area contributed by atoms with Crippen molar-refractivity contribution < 1.29 is 23.9 Å². The van der Waals surface area contributed by atoms with Gasteiger partial charge in [-0.25, -0.2) is 14.6 Å². The first-order valence-corrected chi connectivity index (χ1v) is 10.8. The number of hydrogen-bond acceptors (Lipinski definition) is 8. The number of Topliss-reactive ketones (excluding diaryl/α,β-unsaturated/α-hetero) is 1. The molecule has 1 atom stereocenters. The summed E-state index contributed by atoms with van der Waals surface area (Å²) in [5.41, 5.74) is -0.357. The summed E-state index contributed by atoms with van der Waals surface area (Å²) in [6.07, 6.45) is -0.498. The Morgan fingerprint density at radius 3 is 2.43 bits per heavy atom. The van der Waals surface area contributed by atoms with Crippen molar-refractivity contribution in [2.24, 2.45) is 5.92 Å². The topological polar surface area (TPSA) is 110 Å². The molecule has 1 unspecified atom stereocenters. The summed E-state index contributed by atoms with van der Waals surface area (Å²) in [7, 11) is 0. The highest BCUT2D eigenvalue weighted by molar-refractivity contribution is 7.13. The lowest BCUT2D eigenvalue weighted by molar-refractivity contribution is -0.119. The number of hydrogen-bond donors (Lipinski definition) is 2. The largest absolute Gasteiger partial charge is 0.444 e. The lowest BCUT2D eigenvalue weighted by Gasteiger charge is -2.20. The van der Waals surface area contributed by atoms with Crippen LogP contribution >= 0.6 is 11.3 Å². The molecule has 1 aliphatic rings. The molecule has 2 rings (SSSR count). The van der Waals surface area contributed by atoms with Gasteiger partial charge in [0, 0.05) is 37.4 Å². The summed E-state index contributed by atoms with van der Waals surface area (Å²) in [6, 6.07) is 0. The number of carbonyl (C=O) groups excluding carboxylic acids is 3. The summed E-state index contributed by atoms with van der Waals surface area (Å²) in [6.45, 7) is 12.8. The fourth-order valence-corrected chi connectivity index (χ4v) is 3.62. The third-order valence-corrected chi connectivity index (χ3v) is 4.83. The van der Waals surface area contributed by atoms with Crippen LogP contribution in [0.2, 0.25) is 0 Å². The predicted octanol–water partition coefficient (Wildman–Crippen LogP) is 3.06. The maximum Gasteiger partial charge on any atom is 0.413 e. The van der Waals surface area contributed by atoms with Gasteiger partial charge in [-0.2, -0.15) is 0 Å². The van der Waals surface area contributed by atoms with E-state index in [1.807, 2.05) is 31.1 Å². The summed E-state index contributed by atoms with van der Waals surface area (Å²) in [5, 5.41) is 7.61. The molecular formula is C20H32N4O5S. The first-order chi connectivity index (χ1) is 13.8. The first kappa shape index (κ1) is 24.1. The average molecular weight is 441 g/mol. The minimum Gasteiger partial charge on any atom is -0.444 e. The summed E-state index contributed by atoms with van der Waals surface area (Å²) in [4.78, 5) is 42.3. The molecule has 0 bridgehead atoms. The molecule has 2 heterocycles. The van der Waals surface area contributed by atoms with E-state index in [2.05, 4.69) is 15.6 Å². The van der Waals surface area contributed by atoms with Gasteiger partial charge in [-0.05, 0) is 41.5 Å². The van der Waals surface area contributed by atoms with Crippen LogP contribution in [-0.2, 0) is 20.7 Å². The number of amides is 2. The van der Waals surface area contributed by atoms with Crippen LogP contribution in [0.3, 0.4) is 0 Å². The Kier molecular flexibility index (Phi) is 7.81. The van der Waals surface area contributed by atoms with Gasteiger partial charge in [-0.15, -0.1) is 11.3 Å². The Hall–Kier alpha value is -2.20. The molecule has 1 fully saturated rings. The lowest BCUT2D eigenvalue weighted by Crippen LogP contribution is -2.37. The number of nitrogens with zero attached hydrogens (tertiary/aromatic N) is 2. The second-order valence-corrected chi connectivity index (χ2v) is 10.2. The minimum absolute atomic E-state index is 0.150. The number of ether oxygens (including phenoxy) is 2. The molecule has 30 heavy (non-hydrogen) atoms. The summed E-state index contributed by atoms with van der Waals surface area (Å²) < 4.78 is 10.4.